The highest BCUT2D eigenvalue weighted by molar-refractivity contribution is 5.96. The molecule has 0 aliphatic carbocycles. The number of hydrogen-bond acceptors (Lipinski definition) is 5. The molecule has 6 heteroatoms. The van der Waals surface area contributed by atoms with E-state index in [4.69, 9.17) is 9.47 Å². The Labute approximate surface area is 140 Å². The van der Waals surface area contributed by atoms with Crippen molar-refractivity contribution in [3.63, 3.8) is 0 Å². The maximum atomic E-state index is 11.7. The van der Waals surface area contributed by atoms with Gasteiger partial charge in [-0.1, -0.05) is 19.1 Å². The Hall–Kier alpha value is -2.89. The van der Waals surface area contributed by atoms with Gasteiger partial charge in [-0.15, -0.1) is 0 Å². The van der Waals surface area contributed by atoms with Crippen LogP contribution in [0.2, 0.25) is 0 Å². The van der Waals surface area contributed by atoms with Crippen LogP contribution in [-0.4, -0.2) is 23.9 Å². The van der Waals surface area contributed by atoms with Crippen molar-refractivity contribution in [3.8, 4) is 11.5 Å². The van der Waals surface area contributed by atoms with Gasteiger partial charge in [0.05, 0.1) is 4.92 Å². The summed E-state index contributed by atoms with van der Waals surface area (Å²) in [5.74, 6) is 0.699. The Morgan fingerprint density at radius 1 is 1.12 bits per heavy atom. The average molecular weight is 329 g/mol. The first-order valence-electron chi connectivity index (χ1n) is 7.65. The molecular weight excluding hydrogens is 310 g/mol. The van der Waals surface area contributed by atoms with Crippen LogP contribution in [0.1, 0.15) is 29.3 Å². The van der Waals surface area contributed by atoms with Gasteiger partial charge in [-0.05, 0) is 36.8 Å². The summed E-state index contributed by atoms with van der Waals surface area (Å²) in [5, 5.41) is 11.2. The zero-order chi connectivity index (χ0) is 17.5. The van der Waals surface area contributed by atoms with Crippen LogP contribution in [0.25, 0.3) is 0 Å². The summed E-state index contributed by atoms with van der Waals surface area (Å²) in [5.41, 5.74) is 1.18. The molecule has 0 radical (unpaired) electrons. The number of nitrogens with zero attached hydrogens (tertiary/aromatic N) is 1. The number of hydrogen-bond donors (Lipinski definition) is 0. The second-order valence-electron chi connectivity index (χ2n) is 5.23. The number of benzene rings is 2. The van der Waals surface area contributed by atoms with Crippen molar-refractivity contribution in [1.82, 2.24) is 0 Å². The third-order valence-electron chi connectivity index (χ3n) is 3.40. The van der Waals surface area contributed by atoms with Gasteiger partial charge >= 0.3 is 5.69 Å². The lowest BCUT2D eigenvalue weighted by atomic mass is 10.1. The predicted molar refractivity (Wildman–Crippen MR) is 89.9 cm³/mol. The molecule has 2 aromatic carbocycles. The highest BCUT2D eigenvalue weighted by atomic mass is 16.6. The molecule has 24 heavy (non-hydrogen) atoms. The number of aryl methyl sites for hydroxylation is 1. The minimum atomic E-state index is -0.552. The third-order valence-corrected chi connectivity index (χ3v) is 3.40. The van der Waals surface area contributed by atoms with E-state index in [1.165, 1.54) is 18.2 Å². The number of rotatable bonds is 8. The summed E-state index contributed by atoms with van der Waals surface area (Å²) >= 11 is 0. The van der Waals surface area contributed by atoms with Crippen molar-refractivity contribution in [2.75, 3.05) is 13.2 Å². The van der Waals surface area contributed by atoms with E-state index in [0.717, 1.165) is 11.3 Å². The van der Waals surface area contributed by atoms with Gasteiger partial charge in [0.1, 0.15) is 19.0 Å². The smallest absolute Gasteiger partial charge is 0.311 e. The van der Waals surface area contributed by atoms with Crippen LogP contribution >= 0.6 is 0 Å². The molecule has 0 atom stereocenters. The SMILES string of the molecule is CCC(=O)c1ccc(OCCOc2cccc(C)c2)c([N+](=O)[O-])c1. The van der Waals surface area contributed by atoms with E-state index in [1.54, 1.807) is 6.92 Å². The van der Waals surface area contributed by atoms with Crippen LogP contribution in [0.15, 0.2) is 42.5 Å². The number of carbonyl (C=O) groups is 1. The second kappa shape index (κ2) is 8.10. The van der Waals surface area contributed by atoms with Crippen molar-refractivity contribution in [3.05, 3.63) is 63.7 Å². The summed E-state index contributed by atoms with van der Waals surface area (Å²) < 4.78 is 11.0. The fraction of sp³-hybridized carbons (Fsp3) is 0.278. The molecule has 0 saturated carbocycles. The molecular formula is C18H19NO5. The fourth-order valence-corrected chi connectivity index (χ4v) is 2.18. The average Bonchev–Trinajstić information content (AvgIpc) is 2.58. The molecule has 2 aromatic rings. The quantitative estimate of drug-likeness (QED) is 0.317. The van der Waals surface area contributed by atoms with Gasteiger partial charge in [0.2, 0.25) is 0 Å². The summed E-state index contributed by atoms with van der Waals surface area (Å²) in [6, 6.07) is 11.8. The second-order valence-corrected chi connectivity index (χ2v) is 5.23. The molecule has 0 amide bonds. The summed E-state index contributed by atoms with van der Waals surface area (Å²) in [6.07, 6.45) is 0.293. The zero-order valence-electron chi connectivity index (χ0n) is 13.7. The standard InChI is InChI=1S/C18H19NO5/c1-3-17(20)14-7-8-18(16(12-14)19(21)22)24-10-9-23-15-6-4-5-13(2)11-15/h4-8,11-12H,3,9-10H2,1-2H3. The first-order valence-corrected chi connectivity index (χ1v) is 7.65. The van der Waals surface area contributed by atoms with Crippen LogP contribution in [-0.2, 0) is 0 Å². The number of ether oxygens (including phenoxy) is 2. The Morgan fingerprint density at radius 3 is 2.54 bits per heavy atom. The maximum Gasteiger partial charge on any atom is 0.311 e. The largest absolute Gasteiger partial charge is 0.490 e. The third kappa shape index (κ3) is 4.55. The van der Waals surface area contributed by atoms with E-state index >= 15 is 0 Å². The van der Waals surface area contributed by atoms with Gasteiger partial charge in [0, 0.05) is 18.1 Å². The normalized spacial score (nSPS) is 10.2. The molecule has 6 nitrogen and oxygen atoms in total. The van der Waals surface area contributed by atoms with Gasteiger partial charge in [-0.2, -0.15) is 0 Å². The Kier molecular flexibility index (Phi) is 5.89. The number of carbonyl (C=O) groups excluding carboxylic acids is 1. The van der Waals surface area contributed by atoms with Crippen molar-refractivity contribution >= 4 is 11.5 Å². The molecule has 0 spiro atoms. The van der Waals surface area contributed by atoms with E-state index in [-0.39, 0.29) is 30.4 Å². The molecule has 126 valence electrons. The predicted octanol–water partition coefficient (Wildman–Crippen LogP) is 3.95. The number of nitro benzene ring substituents is 1. The van der Waals surface area contributed by atoms with Crippen molar-refractivity contribution in [2.45, 2.75) is 20.3 Å². The molecule has 0 fully saturated rings. The molecule has 0 unspecified atom stereocenters. The highest BCUT2D eigenvalue weighted by Gasteiger charge is 2.18. The lowest BCUT2D eigenvalue weighted by molar-refractivity contribution is -0.385. The minimum Gasteiger partial charge on any atom is -0.490 e. The molecule has 0 aromatic heterocycles. The molecule has 0 heterocycles. The Morgan fingerprint density at radius 2 is 1.88 bits per heavy atom. The van der Waals surface area contributed by atoms with Gasteiger partial charge < -0.3 is 9.47 Å². The lowest BCUT2D eigenvalue weighted by Crippen LogP contribution is -2.10. The van der Waals surface area contributed by atoms with Crippen LogP contribution in [0.3, 0.4) is 0 Å². The maximum absolute atomic E-state index is 11.7. The van der Waals surface area contributed by atoms with Crippen molar-refractivity contribution in [2.24, 2.45) is 0 Å². The Balaban J connectivity index is 1.99. The monoisotopic (exact) mass is 329 g/mol. The Bertz CT molecular complexity index is 742. The van der Waals surface area contributed by atoms with Crippen molar-refractivity contribution < 1.29 is 19.2 Å². The highest BCUT2D eigenvalue weighted by Crippen LogP contribution is 2.28. The van der Waals surface area contributed by atoms with Crippen molar-refractivity contribution in [1.29, 1.82) is 0 Å². The summed E-state index contributed by atoms with van der Waals surface area (Å²) in [4.78, 5) is 22.3. The summed E-state index contributed by atoms with van der Waals surface area (Å²) in [6.45, 7) is 4.10. The van der Waals surface area contributed by atoms with Gasteiger partial charge in [-0.25, -0.2) is 0 Å². The molecule has 0 saturated heterocycles. The lowest BCUT2D eigenvalue weighted by Gasteiger charge is -2.09. The molecule has 2 rings (SSSR count). The summed E-state index contributed by atoms with van der Waals surface area (Å²) in [7, 11) is 0. The molecule has 0 bridgehead atoms. The number of Topliss-reactive ketones (excluding diaryl/α,β-unsaturated/α-hetero) is 1. The molecule has 0 N–H and O–H groups in total. The molecule has 0 aliphatic rings. The van der Waals surface area contributed by atoms with Gasteiger partial charge in [-0.3, -0.25) is 14.9 Å². The minimum absolute atomic E-state index is 0.125. The fourth-order valence-electron chi connectivity index (χ4n) is 2.18. The van der Waals surface area contributed by atoms with Crippen LogP contribution < -0.4 is 9.47 Å². The van der Waals surface area contributed by atoms with Crippen LogP contribution in [0.5, 0.6) is 11.5 Å². The number of nitro groups is 1. The van der Waals surface area contributed by atoms with E-state index in [0.29, 0.717) is 12.0 Å². The van der Waals surface area contributed by atoms with E-state index in [2.05, 4.69) is 0 Å². The number of ketones is 1. The van der Waals surface area contributed by atoms with Gasteiger partial charge in [0.25, 0.3) is 0 Å². The molecule has 0 aliphatic heterocycles. The topological polar surface area (TPSA) is 78.7 Å². The van der Waals surface area contributed by atoms with E-state index in [9.17, 15) is 14.9 Å². The van der Waals surface area contributed by atoms with Gasteiger partial charge in [0.15, 0.2) is 11.5 Å². The zero-order valence-corrected chi connectivity index (χ0v) is 13.7. The van der Waals surface area contributed by atoms with E-state index in [1.807, 2.05) is 31.2 Å². The van der Waals surface area contributed by atoms with Crippen LogP contribution in [0.4, 0.5) is 5.69 Å². The first-order chi connectivity index (χ1) is 11.5. The first kappa shape index (κ1) is 17.5. The van der Waals surface area contributed by atoms with Crippen LogP contribution in [0, 0.1) is 17.0 Å². The van der Waals surface area contributed by atoms with E-state index < -0.39 is 4.92 Å².